The van der Waals surface area contributed by atoms with Crippen molar-refractivity contribution >= 4 is 5.91 Å². The molecule has 1 amide bonds. The second-order valence-corrected chi connectivity index (χ2v) is 5.54. The number of amides is 1. The Morgan fingerprint density at radius 2 is 1.96 bits per heavy atom. The van der Waals surface area contributed by atoms with E-state index < -0.39 is 37.3 Å². The molecule has 1 aliphatic heterocycles. The molecule has 0 saturated carbocycles. The number of carbonyl (C=O) groups excluding carboxylic acids is 1. The number of hydrogen-bond donors (Lipinski definition) is 4. The minimum atomic E-state index is -1.30. The molecule has 23 heavy (non-hydrogen) atoms. The van der Waals surface area contributed by atoms with Crippen molar-refractivity contribution in [1.29, 1.82) is 0 Å². The van der Waals surface area contributed by atoms with Crippen molar-refractivity contribution in [2.75, 3.05) is 13.2 Å². The monoisotopic (exact) mass is 325 g/mol. The van der Waals surface area contributed by atoms with Crippen LogP contribution >= 0.6 is 0 Å². The molecule has 7 heteroatoms. The second kappa shape index (κ2) is 8.37. The fourth-order valence-electron chi connectivity index (χ4n) is 2.55. The van der Waals surface area contributed by atoms with Crippen LogP contribution in [0.2, 0.25) is 0 Å². The van der Waals surface area contributed by atoms with Gasteiger partial charge < -0.3 is 30.1 Å². The average molecular weight is 325 g/mol. The Morgan fingerprint density at radius 1 is 1.26 bits per heavy atom. The van der Waals surface area contributed by atoms with E-state index in [1.807, 2.05) is 30.3 Å². The van der Waals surface area contributed by atoms with Crippen LogP contribution in [0, 0.1) is 0 Å². The van der Waals surface area contributed by atoms with E-state index >= 15 is 0 Å². The van der Waals surface area contributed by atoms with E-state index in [1.54, 1.807) is 0 Å². The third-order valence-electron chi connectivity index (χ3n) is 3.77. The maximum atomic E-state index is 11.3. The third kappa shape index (κ3) is 4.73. The highest BCUT2D eigenvalue weighted by Gasteiger charge is 2.45. The Bertz CT molecular complexity index is 497. The van der Waals surface area contributed by atoms with E-state index in [2.05, 4.69) is 5.32 Å². The largest absolute Gasteiger partial charge is 0.394 e. The van der Waals surface area contributed by atoms with Gasteiger partial charge in [0.05, 0.1) is 13.2 Å². The lowest BCUT2D eigenvalue weighted by molar-refractivity contribution is -0.269. The molecule has 0 aromatic heterocycles. The van der Waals surface area contributed by atoms with Crippen molar-refractivity contribution in [2.45, 2.75) is 44.0 Å². The first-order chi connectivity index (χ1) is 11.0. The molecule has 0 spiro atoms. The number of carbonyl (C=O) groups is 1. The van der Waals surface area contributed by atoms with Crippen LogP contribution in [0.1, 0.15) is 12.5 Å². The maximum Gasteiger partial charge on any atom is 0.217 e. The summed E-state index contributed by atoms with van der Waals surface area (Å²) in [4.78, 5) is 11.3. The van der Waals surface area contributed by atoms with Gasteiger partial charge in [-0.3, -0.25) is 4.79 Å². The Balaban J connectivity index is 1.98. The number of aliphatic hydroxyl groups excluding tert-OH is 3. The zero-order chi connectivity index (χ0) is 16.8. The molecule has 5 unspecified atom stereocenters. The highest BCUT2D eigenvalue weighted by molar-refractivity contribution is 5.73. The fraction of sp³-hybridized carbons (Fsp3) is 0.562. The number of ether oxygens (including phenoxy) is 2. The summed E-state index contributed by atoms with van der Waals surface area (Å²) < 4.78 is 11.1. The summed E-state index contributed by atoms with van der Waals surface area (Å²) in [5.41, 5.74) is 1.08. The van der Waals surface area contributed by atoms with Gasteiger partial charge in [0.1, 0.15) is 24.4 Å². The van der Waals surface area contributed by atoms with Gasteiger partial charge in [0.25, 0.3) is 0 Å². The molecule has 5 atom stereocenters. The number of rotatable bonds is 6. The Morgan fingerprint density at radius 3 is 2.57 bits per heavy atom. The summed E-state index contributed by atoms with van der Waals surface area (Å²) >= 11 is 0. The Kier molecular flexibility index (Phi) is 6.49. The number of benzene rings is 1. The highest BCUT2D eigenvalue weighted by atomic mass is 16.7. The van der Waals surface area contributed by atoms with E-state index in [4.69, 9.17) is 9.47 Å². The fourth-order valence-corrected chi connectivity index (χ4v) is 2.55. The average Bonchev–Trinajstić information content (AvgIpc) is 2.54. The molecule has 7 nitrogen and oxygen atoms in total. The van der Waals surface area contributed by atoms with Crippen molar-refractivity contribution in [1.82, 2.24) is 5.32 Å². The summed E-state index contributed by atoms with van der Waals surface area (Å²) in [5, 5.41) is 31.8. The first kappa shape index (κ1) is 17.8. The summed E-state index contributed by atoms with van der Waals surface area (Å²) in [5.74, 6) is -0.371. The highest BCUT2D eigenvalue weighted by Crippen LogP contribution is 2.22. The van der Waals surface area contributed by atoms with Crippen LogP contribution in [0.4, 0.5) is 0 Å². The third-order valence-corrected chi connectivity index (χ3v) is 3.77. The smallest absolute Gasteiger partial charge is 0.217 e. The van der Waals surface area contributed by atoms with Crippen LogP contribution < -0.4 is 5.32 Å². The summed E-state index contributed by atoms with van der Waals surface area (Å²) in [6.07, 6.45) is -3.86. The van der Waals surface area contributed by atoms with Gasteiger partial charge in [-0.1, -0.05) is 30.3 Å². The molecule has 1 saturated heterocycles. The second-order valence-electron chi connectivity index (χ2n) is 5.54. The molecule has 1 fully saturated rings. The first-order valence-electron chi connectivity index (χ1n) is 7.58. The quantitative estimate of drug-likeness (QED) is 0.545. The van der Waals surface area contributed by atoms with Crippen LogP contribution in [-0.2, 0) is 20.7 Å². The molecular weight excluding hydrogens is 302 g/mol. The normalized spacial score (nSPS) is 30.9. The maximum absolute atomic E-state index is 11.3. The van der Waals surface area contributed by atoms with Crippen molar-refractivity contribution in [3.63, 3.8) is 0 Å². The molecule has 1 aromatic carbocycles. The molecule has 2 rings (SSSR count). The first-order valence-corrected chi connectivity index (χ1v) is 7.58. The topological polar surface area (TPSA) is 108 Å². The molecule has 1 heterocycles. The standard InChI is InChI=1S/C16H23NO6/c1-10(19)17-13-15(21)14(20)12(9-18)23-16(13)22-8-7-11-5-3-2-4-6-11/h2-6,12-16,18,20-21H,7-9H2,1H3,(H,17,19). The van der Waals surface area contributed by atoms with Gasteiger partial charge in [-0.25, -0.2) is 0 Å². The number of nitrogens with one attached hydrogen (secondary N) is 1. The van der Waals surface area contributed by atoms with E-state index in [0.717, 1.165) is 5.56 Å². The molecule has 1 aromatic rings. The lowest BCUT2D eigenvalue weighted by Crippen LogP contribution is -2.64. The number of hydrogen-bond acceptors (Lipinski definition) is 6. The minimum absolute atomic E-state index is 0.311. The number of aliphatic hydroxyl groups is 3. The minimum Gasteiger partial charge on any atom is -0.394 e. The Labute approximate surface area is 134 Å². The zero-order valence-corrected chi connectivity index (χ0v) is 13.0. The predicted molar refractivity (Wildman–Crippen MR) is 81.5 cm³/mol. The molecule has 0 radical (unpaired) electrons. The van der Waals surface area contributed by atoms with Gasteiger partial charge >= 0.3 is 0 Å². The van der Waals surface area contributed by atoms with Crippen LogP contribution in [-0.4, -0.2) is 65.1 Å². The Hall–Kier alpha value is -1.51. The van der Waals surface area contributed by atoms with Crippen LogP contribution in [0.15, 0.2) is 30.3 Å². The zero-order valence-electron chi connectivity index (χ0n) is 13.0. The molecule has 0 bridgehead atoms. The van der Waals surface area contributed by atoms with Gasteiger partial charge in [-0.15, -0.1) is 0 Å². The molecular formula is C16H23NO6. The van der Waals surface area contributed by atoms with Crippen molar-refractivity contribution in [2.24, 2.45) is 0 Å². The van der Waals surface area contributed by atoms with Crippen LogP contribution in [0.3, 0.4) is 0 Å². The van der Waals surface area contributed by atoms with Gasteiger partial charge in [-0.2, -0.15) is 0 Å². The lowest BCUT2D eigenvalue weighted by atomic mass is 9.97. The van der Waals surface area contributed by atoms with Gasteiger partial charge in [-0.05, 0) is 12.0 Å². The van der Waals surface area contributed by atoms with Crippen molar-refractivity contribution in [3.05, 3.63) is 35.9 Å². The summed E-state index contributed by atoms with van der Waals surface area (Å²) in [6, 6.07) is 8.80. The molecule has 1 aliphatic rings. The van der Waals surface area contributed by atoms with Gasteiger partial charge in [0, 0.05) is 6.92 Å². The molecule has 0 aliphatic carbocycles. The summed E-state index contributed by atoms with van der Waals surface area (Å²) in [7, 11) is 0. The van der Waals surface area contributed by atoms with Crippen molar-refractivity contribution < 1.29 is 29.6 Å². The van der Waals surface area contributed by atoms with Crippen LogP contribution in [0.5, 0.6) is 0 Å². The molecule has 128 valence electrons. The molecule has 4 N–H and O–H groups in total. The van der Waals surface area contributed by atoms with E-state index in [-0.39, 0.29) is 5.91 Å². The van der Waals surface area contributed by atoms with E-state index in [0.29, 0.717) is 13.0 Å². The van der Waals surface area contributed by atoms with Gasteiger partial charge in [0.15, 0.2) is 6.29 Å². The lowest BCUT2D eigenvalue weighted by Gasteiger charge is -2.42. The summed E-state index contributed by atoms with van der Waals surface area (Å²) in [6.45, 7) is 1.16. The van der Waals surface area contributed by atoms with Gasteiger partial charge in [0.2, 0.25) is 5.91 Å². The van der Waals surface area contributed by atoms with E-state index in [9.17, 15) is 20.1 Å². The SMILES string of the molecule is CC(=O)NC1C(OCCc2ccccc2)OC(CO)C(O)C1O. The van der Waals surface area contributed by atoms with E-state index in [1.165, 1.54) is 6.92 Å². The van der Waals surface area contributed by atoms with Crippen molar-refractivity contribution in [3.8, 4) is 0 Å². The predicted octanol–water partition coefficient (Wildman–Crippen LogP) is -0.811. The van der Waals surface area contributed by atoms with Crippen LogP contribution in [0.25, 0.3) is 0 Å².